The summed E-state index contributed by atoms with van der Waals surface area (Å²) in [5, 5.41) is 23.8. The Bertz CT molecular complexity index is 1470. The molecule has 0 fully saturated rings. The zero-order valence-electron chi connectivity index (χ0n) is 18.2. The fourth-order valence-electron chi connectivity index (χ4n) is 3.88. The lowest BCUT2D eigenvalue weighted by Crippen LogP contribution is -2.13. The molecule has 0 aliphatic carbocycles. The van der Waals surface area contributed by atoms with Crippen LogP contribution in [-0.4, -0.2) is 21.6 Å². The number of fused-ring (bicyclic) bond motifs is 1. The first kappa shape index (κ1) is 21.6. The van der Waals surface area contributed by atoms with Gasteiger partial charge in [0.2, 0.25) is 0 Å². The van der Waals surface area contributed by atoms with Gasteiger partial charge in [0.1, 0.15) is 11.6 Å². The number of hydrogen-bond donors (Lipinski definition) is 2. The predicted molar refractivity (Wildman–Crippen MR) is 128 cm³/mol. The second kappa shape index (κ2) is 8.85. The highest BCUT2D eigenvalue weighted by Crippen LogP contribution is 2.24. The molecule has 1 aromatic heterocycles. The number of rotatable bonds is 5. The van der Waals surface area contributed by atoms with E-state index in [-0.39, 0.29) is 11.1 Å². The van der Waals surface area contributed by atoms with Crippen LogP contribution in [0.1, 0.15) is 27.3 Å². The number of benzene rings is 3. The van der Waals surface area contributed by atoms with Crippen molar-refractivity contribution in [3.05, 3.63) is 101 Å². The van der Waals surface area contributed by atoms with E-state index < -0.39 is 11.9 Å². The van der Waals surface area contributed by atoms with Crippen molar-refractivity contribution in [2.24, 2.45) is 0 Å². The SMILES string of the molecule is Cc1cc(/C=C(\C#N)C(=O)Nc2ccc3ccccc3c2)c(C)n1-c1cccc(C(=O)O)c1. The summed E-state index contributed by atoms with van der Waals surface area (Å²) in [6.45, 7) is 3.75. The Morgan fingerprint density at radius 2 is 1.73 bits per heavy atom. The van der Waals surface area contributed by atoms with E-state index in [1.807, 2.05) is 73.0 Å². The van der Waals surface area contributed by atoms with E-state index in [2.05, 4.69) is 5.32 Å². The molecule has 6 heteroatoms. The van der Waals surface area contributed by atoms with Crippen molar-refractivity contribution >= 4 is 34.4 Å². The molecule has 0 aliphatic heterocycles. The third-order valence-electron chi connectivity index (χ3n) is 5.49. The molecule has 1 amide bonds. The largest absolute Gasteiger partial charge is 0.478 e. The van der Waals surface area contributed by atoms with Crippen molar-refractivity contribution in [3.8, 4) is 11.8 Å². The van der Waals surface area contributed by atoms with Crippen molar-refractivity contribution in [3.63, 3.8) is 0 Å². The molecule has 0 saturated heterocycles. The van der Waals surface area contributed by atoms with Gasteiger partial charge in [-0.1, -0.05) is 36.4 Å². The molecule has 0 atom stereocenters. The lowest BCUT2D eigenvalue weighted by molar-refractivity contribution is -0.112. The normalized spacial score (nSPS) is 11.2. The number of aromatic carboxylic acids is 1. The van der Waals surface area contributed by atoms with Gasteiger partial charge >= 0.3 is 5.97 Å². The van der Waals surface area contributed by atoms with Crippen molar-refractivity contribution < 1.29 is 14.7 Å². The highest BCUT2D eigenvalue weighted by atomic mass is 16.4. The number of carbonyl (C=O) groups is 2. The summed E-state index contributed by atoms with van der Waals surface area (Å²) in [5.74, 6) is -1.50. The number of amides is 1. The van der Waals surface area contributed by atoms with Crippen LogP contribution < -0.4 is 5.32 Å². The number of nitriles is 1. The molecule has 0 bridgehead atoms. The number of carboxylic acid groups (broad SMARTS) is 1. The minimum Gasteiger partial charge on any atom is -0.478 e. The van der Waals surface area contributed by atoms with E-state index in [0.29, 0.717) is 16.9 Å². The van der Waals surface area contributed by atoms with Crippen LogP contribution in [-0.2, 0) is 4.79 Å². The molecule has 33 heavy (non-hydrogen) atoms. The van der Waals surface area contributed by atoms with Crippen molar-refractivity contribution in [1.82, 2.24) is 4.57 Å². The van der Waals surface area contributed by atoms with Gasteiger partial charge in [0, 0.05) is 22.8 Å². The Kier molecular flexibility index (Phi) is 5.79. The molecule has 0 spiro atoms. The average Bonchev–Trinajstić information content (AvgIpc) is 3.09. The van der Waals surface area contributed by atoms with Crippen molar-refractivity contribution in [2.45, 2.75) is 13.8 Å². The quantitative estimate of drug-likeness (QED) is 0.320. The molecule has 4 aromatic rings. The summed E-state index contributed by atoms with van der Waals surface area (Å²) < 4.78 is 1.90. The maximum atomic E-state index is 12.8. The molecule has 2 N–H and O–H groups in total. The lowest BCUT2D eigenvalue weighted by atomic mass is 10.1. The highest BCUT2D eigenvalue weighted by Gasteiger charge is 2.15. The molecule has 6 nitrogen and oxygen atoms in total. The van der Waals surface area contributed by atoms with Crippen LogP contribution >= 0.6 is 0 Å². The summed E-state index contributed by atoms with van der Waals surface area (Å²) >= 11 is 0. The van der Waals surface area contributed by atoms with Gasteiger partial charge in [-0.3, -0.25) is 4.79 Å². The first-order valence-electron chi connectivity index (χ1n) is 10.3. The maximum Gasteiger partial charge on any atom is 0.335 e. The fourth-order valence-corrected chi connectivity index (χ4v) is 3.88. The van der Waals surface area contributed by atoms with E-state index in [0.717, 1.165) is 22.2 Å². The lowest BCUT2D eigenvalue weighted by Gasteiger charge is -2.10. The third kappa shape index (κ3) is 4.39. The van der Waals surface area contributed by atoms with Crippen LogP contribution in [0.15, 0.2) is 78.4 Å². The van der Waals surface area contributed by atoms with Crippen LogP contribution in [0.2, 0.25) is 0 Å². The number of aromatic nitrogens is 1. The van der Waals surface area contributed by atoms with E-state index in [1.54, 1.807) is 24.3 Å². The Balaban J connectivity index is 1.65. The van der Waals surface area contributed by atoms with E-state index in [4.69, 9.17) is 0 Å². The number of carbonyl (C=O) groups excluding carboxylic acids is 1. The molecule has 0 unspecified atom stereocenters. The first-order chi connectivity index (χ1) is 15.9. The van der Waals surface area contributed by atoms with Crippen LogP contribution in [0.3, 0.4) is 0 Å². The van der Waals surface area contributed by atoms with Crippen molar-refractivity contribution in [1.29, 1.82) is 5.26 Å². The van der Waals surface area contributed by atoms with Crippen LogP contribution in [0, 0.1) is 25.2 Å². The van der Waals surface area contributed by atoms with Gasteiger partial charge in [0.15, 0.2) is 0 Å². The van der Waals surface area contributed by atoms with E-state index in [9.17, 15) is 20.0 Å². The number of hydrogen-bond acceptors (Lipinski definition) is 3. The Hall–Kier alpha value is -4.63. The molecular formula is C27H21N3O3. The summed E-state index contributed by atoms with van der Waals surface area (Å²) in [6.07, 6.45) is 1.55. The molecule has 0 aliphatic rings. The van der Waals surface area contributed by atoms with Crippen LogP contribution in [0.4, 0.5) is 5.69 Å². The zero-order valence-corrected chi connectivity index (χ0v) is 18.2. The standard InChI is InChI=1S/C27H21N3O3/c1-17-12-22(18(2)30(17)25-9-5-8-21(15-25)27(32)33)13-23(16-28)26(31)29-24-11-10-19-6-3-4-7-20(19)14-24/h3-15H,1-2H3,(H,29,31)(H,32,33)/b23-13+. The summed E-state index contributed by atoms with van der Waals surface area (Å²) in [7, 11) is 0. The summed E-state index contributed by atoms with van der Waals surface area (Å²) in [5.41, 5.74) is 3.82. The fraction of sp³-hybridized carbons (Fsp3) is 0.0741. The van der Waals surface area contributed by atoms with Gasteiger partial charge in [-0.25, -0.2) is 4.79 Å². The van der Waals surface area contributed by atoms with Gasteiger partial charge in [-0.15, -0.1) is 0 Å². The maximum absolute atomic E-state index is 12.8. The number of anilines is 1. The van der Waals surface area contributed by atoms with Crippen molar-refractivity contribution in [2.75, 3.05) is 5.32 Å². The third-order valence-corrected chi connectivity index (χ3v) is 5.49. The second-order valence-electron chi connectivity index (χ2n) is 7.70. The summed E-state index contributed by atoms with van der Waals surface area (Å²) in [4.78, 5) is 24.1. The summed E-state index contributed by atoms with van der Waals surface area (Å²) in [6, 6.07) is 23.9. The average molecular weight is 435 g/mol. The Morgan fingerprint density at radius 3 is 2.45 bits per heavy atom. The zero-order chi connectivity index (χ0) is 23.5. The minimum atomic E-state index is -1.00. The van der Waals surface area contributed by atoms with Gasteiger partial charge in [0.05, 0.1) is 5.56 Å². The van der Waals surface area contributed by atoms with E-state index >= 15 is 0 Å². The molecule has 3 aromatic carbocycles. The van der Waals surface area contributed by atoms with Gasteiger partial charge in [-0.2, -0.15) is 5.26 Å². The van der Waals surface area contributed by atoms with Gasteiger partial charge in [0.25, 0.3) is 5.91 Å². The predicted octanol–water partition coefficient (Wildman–Crippen LogP) is 5.49. The van der Waals surface area contributed by atoms with Gasteiger partial charge in [-0.05, 0) is 72.7 Å². The van der Waals surface area contributed by atoms with Crippen LogP contribution in [0.5, 0.6) is 0 Å². The minimum absolute atomic E-state index is 0.0253. The number of aryl methyl sites for hydroxylation is 1. The number of nitrogens with zero attached hydrogens (tertiary/aromatic N) is 2. The molecule has 1 heterocycles. The Morgan fingerprint density at radius 1 is 0.970 bits per heavy atom. The number of carboxylic acids is 1. The smallest absolute Gasteiger partial charge is 0.335 e. The first-order valence-corrected chi connectivity index (χ1v) is 10.3. The second-order valence-corrected chi connectivity index (χ2v) is 7.70. The molecule has 4 rings (SSSR count). The topological polar surface area (TPSA) is 95.1 Å². The highest BCUT2D eigenvalue weighted by molar-refractivity contribution is 6.10. The van der Waals surface area contributed by atoms with E-state index in [1.165, 1.54) is 6.07 Å². The number of nitrogens with one attached hydrogen (secondary N) is 1. The van der Waals surface area contributed by atoms with Gasteiger partial charge < -0.3 is 15.0 Å². The van der Waals surface area contributed by atoms with Crippen LogP contribution in [0.25, 0.3) is 22.5 Å². The Labute approximate surface area is 191 Å². The molecule has 162 valence electrons. The molecule has 0 saturated carbocycles. The molecule has 0 radical (unpaired) electrons. The molecular weight excluding hydrogens is 414 g/mol. The monoisotopic (exact) mass is 435 g/mol.